The minimum atomic E-state index is -0.879. The Balaban J connectivity index is 2.73. The Morgan fingerprint density at radius 2 is 2.07 bits per heavy atom. The third kappa shape index (κ3) is 3.30. The lowest BCUT2D eigenvalue weighted by atomic mass is 10.2. The van der Waals surface area contributed by atoms with Crippen LogP contribution >= 0.6 is 11.8 Å². The van der Waals surface area contributed by atoms with Crippen molar-refractivity contribution in [2.24, 2.45) is 0 Å². The van der Waals surface area contributed by atoms with E-state index in [2.05, 4.69) is 0 Å². The number of hydrogen-bond acceptors (Lipinski definition) is 2. The number of benzene rings is 1. The number of rotatable bonds is 4. The number of thioether (sulfide) groups is 1. The minimum Gasteiger partial charge on any atom is -0.298 e. The summed E-state index contributed by atoms with van der Waals surface area (Å²) in [6.45, 7) is 3.54. The van der Waals surface area contributed by atoms with E-state index < -0.39 is 11.6 Å². The van der Waals surface area contributed by atoms with Crippen LogP contribution < -0.4 is 0 Å². The molecule has 0 spiro atoms. The molecule has 1 atom stereocenters. The highest BCUT2D eigenvalue weighted by molar-refractivity contribution is 8.00. The Morgan fingerprint density at radius 3 is 2.60 bits per heavy atom. The van der Waals surface area contributed by atoms with Crippen LogP contribution in [0.25, 0.3) is 0 Å². The molecule has 82 valence electrons. The highest BCUT2D eigenvalue weighted by Crippen LogP contribution is 2.25. The van der Waals surface area contributed by atoms with Crippen LogP contribution in [0, 0.1) is 11.6 Å². The number of hydrogen-bond donors (Lipinski definition) is 0. The van der Waals surface area contributed by atoms with E-state index in [4.69, 9.17) is 0 Å². The van der Waals surface area contributed by atoms with Crippen molar-refractivity contribution in [2.45, 2.75) is 30.4 Å². The highest BCUT2D eigenvalue weighted by Gasteiger charge is 2.13. The van der Waals surface area contributed by atoms with Crippen molar-refractivity contribution in [3.8, 4) is 0 Å². The fourth-order valence-electron chi connectivity index (χ4n) is 1.11. The van der Waals surface area contributed by atoms with Crippen LogP contribution in [-0.2, 0) is 4.79 Å². The summed E-state index contributed by atoms with van der Waals surface area (Å²) in [5.41, 5.74) is 0. The van der Waals surface area contributed by atoms with Crippen molar-refractivity contribution < 1.29 is 13.6 Å². The van der Waals surface area contributed by atoms with Gasteiger partial charge in [0.25, 0.3) is 0 Å². The summed E-state index contributed by atoms with van der Waals surface area (Å²) in [6.07, 6.45) is 0.456. The zero-order valence-electron chi connectivity index (χ0n) is 8.59. The van der Waals surface area contributed by atoms with Gasteiger partial charge in [-0.15, -0.1) is 11.8 Å². The molecule has 4 heteroatoms. The Hall–Kier alpha value is -0.900. The number of carbonyl (C=O) groups excluding carboxylic acids is 1. The predicted molar refractivity (Wildman–Crippen MR) is 57.0 cm³/mol. The summed E-state index contributed by atoms with van der Waals surface area (Å²) >= 11 is 1.24. The lowest BCUT2D eigenvalue weighted by molar-refractivity contribution is -0.117. The number of Topliss-reactive ketones (excluding diaryl/α,β-unsaturated/α-hetero) is 1. The molecule has 0 bridgehead atoms. The number of halogens is 2. The van der Waals surface area contributed by atoms with Crippen LogP contribution in [-0.4, -0.2) is 11.0 Å². The van der Waals surface area contributed by atoms with E-state index in [-0.39, 0.29) is 11.0 Å². The van der Waals surface area contributed by atoms with Gasteiger partial charge >= 0.3 is 0 Å². The van der Waals surface area contributed by atoms with E-state index in [1.54, 1.807) is 13.8 Å². The van der Waals surface area contributed by atoms with Gasteiger partial charge in [0.2, 0.25) is 0 Å². The summed E-state index contributed by atoms with van der Waals surface area (Å²) in [5, 5.41) is -0.222. The molecule has 0 aliphatic rings. The summed E-state index contributed by atoms with van der Waals surface area (Å²) in [4.78, 5) is 11.9. The van der Waals surface area contributed by atoms with E-state index >= 15 is 0 Å². The summed E-state index contributed by atoms with van der Waals surface area (Å²) in [5.74, 6) is -1.64. The summed E-state index contributed by atoms with van der Waals surface area (Å²) in [6, 6.07) is 3.66. The Bertz CT molecular complexity index is 366. The van der Waals surface area contributed by atoms with Gasteiger partial charge in [0, 0.05) is 11.3 Å². The molecule has 0 radical (unpaired) electrons. The van der Waals surface area contributed by atoms with Crippen LogP contribution in [0.15, 0.2) is 23.1 Å². The zero-order valence-corrected chi connectivity index (χ0v) is 9.41. The van der Waals surface area contributed by atoms with Gasteiger partial charge in [-0.05, 0) is 25.1 Å². The quantitative estimate of drug-likeness (QED) is 0.737. The Morgan fingerprint density at radius 1 is 1.40 bits per heavy atom. The first-order valence-electron chi connectivity index (χ1n) is 4.69. The summed E-state index contributed by atoms with van der Waals surface area (Å²) in [7, 11) is 0. The molecule has 0 aliphatic heterocycles. The van der Waals surface area contributed by atoms with Gasteiger partial charge in [-0.2, -0.15) is 0 Å². The van der Waals surface area contributed by atoms with Crippen molar-refractivity contribution in [2.75, 3.05) is 0 Å². The zero-order chi connectivity index (χ0) is 11.4. The van der Waals surface area contributed by atoms with Gasteiger partial charge in [-0.25, -0.2) is 8.78 Å². The molecular formula is C11H12F2OS. The molecule has 1 aromatic rings. The molecule has 0 N–H and O–H groups in total. The smallest absolute Gasteiger partial charge is 0.159 e. The first-order chi connectivity index (χ1) is 7.04. The summed E-state index contributed by atoms with van der Waals surface area (Å²) < 4.78 is 25.4. The van der Waals surface area contributed by atoms with Gasteiger partial charge < -0.3 is 0 Å². The fraction of sp³-hybridized carbons (Fsp3) is 0.364. The molecule has 0 saturated heterocycles. The molecule has 0 aromatic heterocycles. The number of ketones is 1. The van der Waals surface area contributed by atoms with Crippen LogP contribution in [0.2, 0.25) is 0 Å². The largest absolute Gasteiger partial charge is 0.298 e. The second-order valence-electron chi connectivity index (χ2n) is 3.16. The fourth-order valence-corrected chi connectivity index (χ4v) is 2.13. The second-order valence-corrected chi connectivity index (χ2v) is 4.57. The SMILES string of the molecule is CCC(=O)C(C)Sc1ccc(F)c(F)c1. The average Bonchev–Trinajstić information content (AvgIpc) is 2.22. The third-order valence-electron chi connectivity index (χ3n) is 2.01. The van der Waals surface area contributed by atoms with Gasteiger partial charge in [-0.1, -0.05) is 6.92 Å². The molecule has 0 fully saturated rings. The van der Waals surface area contributed by atoms with Gasteiger partial charge in [0.05, 0.1) is 5.25 Å². The molecule has 1 unspecified atom stereocenters. The lowest BCUT2D eigenvalue weighted by Crippen LogP contribution is -2.11. The van der Waals surface area contributed by atoms with Crippen LogP contribution in [0.1, 0.15) is 20.3 Å². The minimum absolute atomic E-state index is 0.102. The molecule has 1 aromatic carbocycles. The molecule has 0 saturated carbocycles. The van der Waals surface area contributed by atoms with Crippen LogP contribution in [0.4, 0.5) is 8.78 Å². The van der Waals surface area contributed by atoms with E-state index in [0.29, 0.717) is 11.3 Å². The first-order valence-corrected chi connectivity index (χ1v) is 5.57. The molecule has 15 heavy (non-hydrogen) atoms. The van der Waals surface area contributed by atoms with Crippen molar-refractivity contribution >= 4 is 17.5 Å². The molecule has 0 heterocycles. The van der Waals surface area contributed by atoms with Crippen molar-refractivity contribution in [3.05, 3.63) is 29.8 Å². The Kier molecular flexibility index (Phi) is 4.27. The third-order valence-corrected chi connectivity index (χ3v) is 3.15. The number of carbonyl (C=O) groups is 1. The molecule has 1 rings (SSSR count). The van der Waals surface area contributed by atoms with Gasteiger partial charge in [-0.3, -0.25) is 4.79 Å². The molecule has 0 aliphatic carbocycles. The molecular weight excluding hydrogens is 218 g/mol. The maximum atomic E-state index is 12.8. The van der Waals surface area contributed by atoms with E-state index in [0.717, 1.165) is 12.1 Å². The van der Waals surface area contributed by atoms with Crippen LogP contribution in [0.5, 0.6) is 0 Å². The highest BCUT2D eigenvalue weighted by atomic mass is 32.2. The van der Waals surface area contributed by atoms with E-state index in [9.17, 15) is 13.6 Å². The van der Waals surface area contributed by atoms with Gasteiger partial charge in [0.15, 0.2) is 11.6 Å². The maximum Gasteiger partial charge on any atom is 0.159 e. The standard InChI is InChI=1S/C11H12F2OS/c1-3-11(14)7(2)15-8-4-5-9(12)10(13)6-8/h4-7H,3H2,1-2H3. The van der Waals surface area contributed by atoms with Crippen molar-refractivity contribution in [3.63, 3.8) is 0 Å². The average molecular weight is 230 g/mol. The van der Waals surface area contributed by atoms with Crippen molar-refractivity contribution in [1.29, 1.82) is 0 Å². The monoisotopic (exact) mass is 230 g/mol. The van der Waals surface area contributed by atoms with Crippen LogP contribution in [0.3, 0.4) is 0 Å². The maximum absolute atomic E-state index is 12.8. The first kappa shape index (κ1) is 12.2. The topological polar surface area (TPSA) is 17.1 Å². The van der Waals surface area contributed by atoms with E-state index in [1.807, 2.05) is 0 Å². The Labute approximate surface area is 91.9 Å². The lowest BCUT2D eigenvalue weighted by Gasteiger charge is -2.08. The molecule has 0 amide bonds. The molecule has 1 nitrogen and oxygen atoms in total. The normalized spacial score (nSPS) is 12.5. The predicted octanol–water partition coefficient (Wildman–Crippen LogP) is 3.42. The second kappa shape index (κ2) is 5.26. The van der Waals surface area contributed by atoms with E-state index in [1.165, 1.54) is 17.8 Å². The van der Waals surface area contributed by atoms with Gasteiger partial charge in [0.1, 0.15) is 5.78 Å². The van der Waals surface area contributed by atoms with Crippen molar-refractivity contribution in [1.82, 2.24) is 0 Å².